The number of benzene rings is 2. The molecule has 0 saturated heterocycles. The molecule has 24 heavy (non-hydrogen) atoms. The Hall–Kier alpha value is -2.37. The van der Waals surface area contributed by atoms with Crippen LogP contribution in [0.3, 0.4) is 0 Å². The Morgan fingerprint density at radius 2 is 1.83 bits per heavy atom. The fraction of sp³-hybridized carbons (Fsp3) is 0.111. The van der Waals surface area contributed by atoms with Gasteiger partial charge in [-0.05, 0) is 42.4 Å². The predicted molar refractivity (Wildman–Crippen MR) is 104 cm³/mol. The van der Waals surface area contributed by atoms with Crippen LogP contribution in [-0.4, -0.2) is 14.9 Å². The van der Waals surface area contributed by atoms with E-state index in [-0.39, 0.29) is 0 Å². The minimum atomic E-state index is 0.448. The summed E-state index contributed by atoms with van der Waals surface area (Å²) in [4.78, 5) is 0. The molecule has 2 N–H and O–H groups in total. The van der Waals surface area contributed by atoms with Gasteiger partial charge in [0.1, 0.15) is 0 Å². The van der Waals surface area contributed by atoms with Crippen LogP contribution in [0.4, 0.5) is 11.5 Å². The van der Waals surface area contributed by atoms with E-state index in [4.69, 9.17) is 23.8 Å². The number of halogens is 1. The Kier molecular flexibility index (Phi) is 5.13. The lowest BCUT2D eigenvalue weighted by molar-refractivity contribution is 0.687. The lowest BCUT2D eigenvalue weighted by Gasteiger charge is -2.10. The molecule has 0 aliphatic carbocycles. The van der Waals surface area contributed by atoms with E-state index < -0.39 is 0 Å². The van der Waals surface area contributed by atoms with Gasteiger partial charge in [0.05, 0.1) is 17.3 Å². The van der Waals surface area contributed by atoms with Crippen molar-refractivity contribution in [2.45, 2.75) is 13.5 Å². The molecule has 0 fully saturated rings. The lowest BCUT2D eigenvalue weighted by Crippen LogP contribution is -2.19. The highest BCUT2D eigenvalue weighted by Crippen LogP contribution is 2.20. The second kappa shape index (κ2) is 7.47. The zero-order valence-corrected chi connectivity index (χ0v) is 14.7. The fourth-order valence-electron chi connectivity index (χ4n) is 2.31. The summed E-state index contributed by atoms with van der Waals surface area (Å²) >= 11 is 11.4. The van der Waals surface area contributed by atoms with Crippen molar-refractivity contribution in [2.75, 3.05) is 10.6 Å². The van der Waals surface area contributed by atoms with Crippen LogP contribution in [0, 0.1) is 6.92 Å². The summed E-state index contributed by atoms with van der Waals surface area (Å²) in [5, 5.41) is 11.7. The summed E-state index contributed by atoms with van der Waals surface area (Å²) in [5.74, 6) is 0.688. The van der Waals surface area contributed by atoms with Crippen molar-refractivity contribution in [3.05, 3.63) is 76.9 Å². The predicted octanol–water partition coefficient (Wildman–Crippen LogP) is 4.70. The maximum absolute atomic E-state index is 6.11. The van der Waals surface area contributed by atoms with Crippen molar-refractivity contribution in [2.24, 2.45) is 0 Å². The first-order valence-electron chi connectivity index (χ1n) is 7.52. The summed E-state index contributed by atoms with van der Waals surface area (Å²) in [6.45, 7) is 2.82. The molecule has 0 atom stereocenters. The standard InChI is InChI=1S/C18H17ClN4S/c1-13-6-2-3-7-14(13)12-23-11-10-17(22-23)21-18(24)20-16-9-5-4-8-15(16)19/h2-11H,12H2,1H3,(H2,20,21,22,24). The van der Waals surface area contributed by atoms with Crippen molar-refractivity contribution >= 4 is 40.4 Å². The van der Waals surface area contributed by atoms with E-state index in [1.165, 1.54) is 11.1 Å². The smallest absolute Gasteiger partial charge is 0.176 e. The fourth-order valence-corrected chi connectivity index (χ4v) is 2.71. The molecule has 0 aliphatic rings. The third kappa shape index (κ3) is 4.13. The Labute approximate surface area is 151 Å². The quantitative estimate of drug-likeness (QED) is 0.665. The third-order valence-electron chi connectivity index (χ3n) is 3.60. The molecule has 0 amide bonds. The molecule has 4 nitrogen and oxygen atoms in total. The molecule has 122 valence electrons. The van der Waals surface area contributed by atoms with Crippen LogP contribution in [-0.2, 0) is 6.54 Å². The molecule has 2 aromatic carbocycles. The molecule has 0 spiro atoms. The van der Waals surface area contributed by atoms with Crippen molar-refractivity contribution < 1.29 is 0 Å². The van der Waals surface area contributed by atoms with Gasteiger partial charge >= 0.3 is 0 Å². The van der Waals surface area contributed by atoms with E-state index in [2.05, 4.69) is 34.8 Å². The van der Waals surface area contributed by atoms with Crippen LogP contribution in [0.1, 0.15) is 11.1 Å². The molecule has 0 saturated carbocycles. The second-order valence-electron chi connectivity index (χ2n) is 5.38. The molecule has 6 heteroatoms. The van der Waals surface area contributed by atoms with Crippen molar-refractivity contribution in [3.8, 4) is 0 Å². The molecule has 0 bridgehead atoms. The van der Waals surface area contributed by atoms with Crippen LogP contribution >= 0.6 is 23.8 Å². The minimum Gasteiger partial charge on any atom is -0.331 e. The third-order valence-corrected chi connectivity index (χ3v) is 4.13. The molecule has 0 radical (unpaired) electrons. The van der Waals surface area contributed by atoms with Crippen molar-refractivity contribution in [1.82, 2.24) is 9.78 Å². The van der Waals surface area contributed by atoms with Crippen molar-refractivity contribution in [3.63, 3.8) is 0 Å². The van der Waals surface area contributed by atoms with Gasteiger partial charge in [0.2, 0.25) is 0 Å². The molecule has 3 aromatic rings. The Morgan fingerprint density at radius 1 is 1.08 bits per heavy atom. The molecular formula is C18H17ClN4S. The first-order valence-corrected chi connectivity index (χ1v) is 8.31. The molecule has 1 aromatic heterocycles. The van der Waals surface area contributed by atoms with Gasteiger partial charge in [-0.3, -0.25) is 4.68 Å². The molecule has 3 rings (SSSR count). The molecule has 1 heterocycles. The number of thiocarbonyl (C=S) groups is 1. The minimum absolute atomic E-state index is 0.448. The second-order valence-corrected chi connectivity index (χ2v) is 6.20. The monoisotopic (exact) mass is 356 g/mol. The highest BCUT2D eigenvalue weighted by Gasteiger charge is 2.05. The van der Waals surface area contributed by atoms with Gasteiger partial charge in [-0.25, -0.2) is 0 Å². The zero-order chi connectivity index (χ0) is 16.9. The van der Waals surface area contributed by atoms with Gasteiger partial charge in [-0.15, -0.1) is 0 Å². The zero-order valence-electron chi connectivity index (χ0n) is 13.2. The normalized spacial score (nSPS) is 10.4. The SMILES string of the molecule is Cc1ccccc1Cn1ccc(NC(=S)Nc2ccccc2Cl)n1. The number of hydrogen-bond donors (Lipinski definition) is 2. The van der Waals surface area contributed by atoms with Gasteiger partial charge in [-0.1, -0.05) is 48.0 Å². The number of nitrogens with zero attached hydrogens (tertiary/aromatic N) is 2. The first kappa shape index (κ1) is 16.5. The Morgan fingerprint density at radius 3 is 2.62 bits per heavy atom. The van der Waals surface area contributed by atoms with Crippen LogP contribution < -0.4 is 10.6 Å². The maximum atomic E-state index is 6.11. The summed E-state index contributed by atoms with van der Waals surface area (Å²) in [6.07, 6.45) is 1.92. The number of aromatic nitrogens is 2. The van der Waals surface area contributed by atoms with Crippen LogP contribution in [0.15, 0.2) is 60.8 Å². The Balaban J connectivity index is 1.63. The number of hydrogen-bond acceptors (Lipinski definition) is 2. The molecule has 0 aliphatic heterocycles. The highest BCUT2D eigenvalue weighted by molar-refractivity contribution is 7.80. The number of aryl methyl sites for hydroxylation is 1. The largest absolute Gasteiger partial charge is 0.331 e. The van der Waals surface area contributed by atoms with Crippen LogP contribution in [0.5, 0.6) is 0 Å². The Bertz CT molecular complexity index is 859. The van der Waals surface area contributed by atoms with Gasteiger partial charge in [0.25, 0.3) is 0 Å². The molecule has 0 unspecified atom stereocenters. The lowest BCUT2D eigenvalue weighted by atomic mass is 10.1. The maximum Gasteiger partial charge on any atom is 0.176 e. The van der Waals surface area contributed by atoms with E-state index in [1.807, 2.05) is 53.3 Å². The first-order chi connectivity index (χ1) is 11.6. The van der Waals surface area contributed by atoms with E-state index in [1.54, 1.807) is 0 Å². The van der Waals surface area contributed by atoms with E-state index in [0.29, 0.717) is 16.0 Å². The van der Waals surface area contributed by atoms with E-state index >= 15 is 0 Å². The topological polar surface area (TPSA) is 41.9 Å². The van der Waals surface area contributed by atoms with Gasteiger partial charge in [0, 0.05) is 12.3 Å². The van der Waals surface area contributed by atoms with Crippen LogP contribution in [0.2, 0.25) is 5.02 Å². The van der Waals surface area contributed by atoms with Gasteiger partial charge in [0.15, 0.2) is 10.9 Å². The summed E-state index contributed by atoms with van der Waals surface area (Å²) in [6, 6.07) is 17.6. The molecular weight excluding hydrogens is 340 g/mol. The summed E-state index contributed by atoms with van der Waals surface area (Å²) in [5.41, 5.74) is 3.25. The van der Waals surface area contributed by atoms with Crippen molar-refractivity contribution in [1.29, 1.82) is 0 Å². The van der Waals surface area contributed by atoms with Gasteiger partial charge in [-0.2, -0.15) is 5.10 Å². The number of para-hydroxylation sites is 1. The summed E-state index contributed by atoms with van der Waals surface area (Å²) in [7, 11) is 0. The van der Waals surface area contributed by atoms with Gasteiger partial charge < -0.3 is 10.6 Å². The summed E-state index contributed by atoms with van der Waals surface area (Å²) < 4.78 is 1.88. The number of nitrogens with one attached hydrogen (secondary N) is 2. The van der Waals surface area contributed by atoms with E-state index in [0.717, 1.165) is 12.2 Å². The van der Waals surface area contributed by atoms with E-state index in [9.17, 15) is 0 Å². The number of anilines is 2. The number of rotatable bonds is 4. The van der Waals surface area contributed by atoms with Crippen LogP contribution in [0.25, 0.3) is 0 Å². The average Bonchev–Trinajstić information content (AvgIpc) is 2.99. The average molecular weight is 357 g/mol. The highest BCUT2D eigenvalue weighted by atomic mass is 35.5.